The van der Waals surface area contributed by atoms with Gasteiger partial charge in [0, 0.05) is 27.8 Å². The van der Waals surface area contributed by atoms with Crippen molar-refractivity contribution in [2.24, 2.45) is 0 Å². The third-order valence-electron chi connectivity index (χ3n) is 2.16. The van der Waals surface area contributed by atoms with Crippen LogP contribution in [0.3, 0.4) is 0 Å². The first-order valence-corrected chi connectivity index (χ1v) is 9.77. The topological polar surface area (TPSA) is 36.9 Å². The van der Waals surface area contributed by atoms with Gasteiger partial charge in [0.1, 0.15) is 0 Å². The normalized spacial score (nSPS) is 14.1. The van der Waals surface area contributed by atoms with E-state index in [0.717, 1.165) is 0 Å². The minimum absolute atomic E-state index is 0.0542. The van der Waals surface area contributed by atoms with Crippen molar-refractivity contribution in [3.8, 4) is 0 Å². The van der Waals surface area contributed by atoms with Crippen LogP contribution in [0.25, 0.3) is 0 Å². The van der Waals surface area contributed by atoms with E-state index in [-0.39, 0.29) is 6.04 Å². The van der Waals surface area contributed by atoms with Crippen molar-refractivity contribution in [1.29, 1.82) is 0 Å². The molecule has 0 radical (unpaired) electrons. The third kappa shape index (κ3) is 6.53. The van der Waals surface area contributed by atoms with Crippen LogP contribution in [0.5, 0.6) is 0 Å². The Morgan fingerprint density at radius 2 is 1.35 bits per heavy atom. The van der Waals surface area contributed by atoms with Crippen LogP contribution >= 0.6 is 0 Å². The first-order chi connectivity index (χ1) is 7.60. The van der Waals surface area contributed by atoms with Crippen LogP contribution in [-0.4, -0.2) is 44.9 Å². The molecule has 0 saturated carbocycles. The number of halogens is 3. The summed E-state index contributed by atoms with van der Waals surface area (Å²) in [7, 11) is -1.74. The van der Waals surface area contributed by atoms with Gasteiger partial charge < -0.3 is 17.4 Å². The molecule has 4 nitrogen and oxygen atoms in total. The highest BCUT2D eigenvalue weighted by molar-refractivity contribution is 6.78. The molecule has 0 aromatic heterocycles. The van der Waals surface area contributed by atoms with Gasteiger partial charge in [0.15, 0.2) is 8.32 Å². The highest BCUT2D eigenvalue weighted by atomic mass is 28.5. The average molecular weight is 292 g/mol. The highest BCUT2D eigenvalue weighted by Gasteiger charge is 2.48. The van der Waals surface area contributed by atoms with E-state index >= 15 is 0 Å². The molecule has 0 aliphatic heterocycles. The molecule has 0 bridgehead atoms. The maximum absolute atomic E-state index is 12.1. The Bertz CT molecular complexity index is 223. The van der Waals surface area contributed by atoms with Gasteiger partial charge in [-0.05, 0) is 19.1 Å². The summed E-state index contributed by atoms with van der Waals surface area (Å²) >= 11 is 0. The molecular weight excluding hydrogens is 273 g/mol. The largest absolute Gasteiger partial charge is 0.668 e. The zero-order chi connectivity index (χ0) is 13.7. The molecule has 0 unspecified atom stereocenters. The maximum atomic E-state index is 12.1. The quantitative estimate of drug-likeness (QED) is 0.676. The van der Waals surface area contributed by atoms with Crippen molar-refractivity contribution in [3.05, 3.63) is 0 Å². The van der Waals surface area contributed by atoms with Gasteiger partial charge in [0.05, 0.1) is 0 Å². The zero-order valence-electron chi connectivity index (χ0n) is 10.7. The Morgan fingerprint density at radius 3 is 1.65 bits per heavy atom. The van der Waals surface area contributed by atoms with Crippen LogP contribution in [0.2, 0.25) is 19.1 Å². The van der Waals surface area contributed by atoms with E-state index in [2.05, 4.69) is 0 Å². The lowest BCUT2D eigenvalue weighted by molar-refractivity contribution is -0.131. The Balaban J connectivity index is 4.50. The summed E-state index contributed by atoms with van der Waals surface area (Å²) in [6.07, 6.45) is -5.04. The average Bonchev–Trinajstić information content (AvgIpc) is 2.23. The van der Waals surface area contributed by atoms with Crippen LogP contribution in [0, 0.1) is 0 Å². The Hall–Kier alpha value is 0.0638. The number of rotatable bonds is 7. The lowest BCUT2D eigenvalue weighted by Gasteiger charge is -2.32. The molecule has 17 heavy (non-hydrogen) atoms. The standard InChI is InChI=1S/C8H19F3O4Si2/c1-12-17(13-2,14-3)15-16(4,5)7-6-8(9,10)11/h6-7H2,1-5H3. The van der Waals surface area contributed by atoms with Crippen LogP contribution in [0.1, 0.15) is 6.42 Å². The van der Waals surface area contributed by atoms with E-state index in [1.165, 1.54) is 21.3 Å². The smallest absolute Gasteiger partial charge is 0.394 e. The summed E-state index contributed by atoms with van der Waals surface area (Å²) in [6.45, 7) is 3.36. The molecule has 0 spiro atoms. The fourth-order valence-electron chi connectivity index (χ4n) is 1.21. The fraction of sp³-hybridized carbons (Fsp3) is 1.00. The van der Waals surface area contributed by atoms with Crippen molar-refractivity contribution >= 4 is 17.4 Å². The Morgan fingerprint density at radius 1 is 0.941 bits per heavy atom. The van der Waals surface area contributed by atoms with Crippen molar-refractivity contribution in [1.82, 2.24) is 0 Å². The molecule has 0 saturated heterocycles. The van der Waals surface area contributed by atoms with Crippen molar-refractivity contribution in [3.63, 3.8) is 0 Å². The first kappa shape index (κ1) is 17.1. The zero-order valence-corrected chi connectivity index (χ0v) is 12.7. The van der Waals surface area contributed by atoms with Gasteiger partial charge in [-0.15, -0.1) is 0 Å². The van der Waals surface area contributed by atoms with E-state index in [0.29, 0.717) is 0 Å². The monoisotopic (exact) mass is 292 g/mol. The third-order valence-corrected chi connectivity index (χ3v) is 8.33. The predicted octanol–water partition coefficient (Wildman–Crippen LogP) is 2.54. The number of hydrogen-bond acceptors (Lipinski definition) is 4. The molecule has 0 atom stereocenters. The molecule has 0 aliphatic rings. The van der Waals surface area contributed by atoms with Gasteiger partial charge in [-0.25, -0.2) is 0 Å². The molecule has 0 N–H and O–H groups in total. The molecule has 0 fully saturated rings. The second-order valence-electron chi connectivity index (χ2n) is 4.09. The molecule has 9 heteroatoms. The SMILES string of the molecule is CO[Si](OC)(OC)O[Si](C)(C)CCC(F)(F)F. The highest BCUT2D eigenvalue weighted by Crippen LogP contribution is 2.28. The summed E-state index contributed by atoms with van der Waals surface area (Å²) in [4.78, 5) is 0. The molecule has 0 rings (SSSR count). The summed E-state index contributed by atoms with van der Waals surface area (Å²) in [5.41, 5.74) is 0. The van der Waals surface area contributed by atoms with Gasteiger partial charge in [0.2, 0.25) is 0 Å². The molecular formula is C8H19F3O4Si2. The second kappa shape index (κ2) is 6.29. The van der Waals surface area contributed by atoms with Gasteiger partial charge in [0.25, 0.3) is 0 Å². The van der Waals surface area contributed by atoms with E-state index < -0.39 is 30.0 Å². The van der Waals surface area contributed by atoms with Crippen LogP contribution < -0.4 is 0 Å². The Labute approximate surface area is 102 Å². The molecule has 0 heterocycles. The van der Waals surface area contributed by atoms with Gasteiger partial charge >= 0.3 is 15.2 Å². The molecule has 0 amide bonds. The summed E-state index contributed by atoms with van der Waals surface area (Å²) < 4.78 is 57.1. The number of hydrogen-bond donors (Lipinski definition) is 0. The Kier molecular flexibility index (Phi) is 6.32. The van der Waals surface area contributed by atoms with Gasteiger partial charge in [-0.1, -0.05) is 0 Å². The van der Waals surface area contributed by atoms with Crippen LogP contribution in [-0.2, 0) is 17.4 Å². The van der Waals surface area contributed by atoms with Crippen LogP contribution in [0.4, 0.5) is 13.2 Å². The molecule has 0 aliphatic carbocycles. The van der Waals surface area contributed by atoms with Crippen molar-refractivity contribution in [2.75, 3.05) is 21.3 Å². The molecule has 0 aromatic carbocycles. The van der Waals surface area contributed by atoms with Gasteiger partial charge in [-0.3, -0.25) is 0 Å². The van der Waals surface area contributed by atoms with E-state index in [1.807, 2.05) is 0 Å². The maximum Gasteiger partial charge on any atom is 0.668 e. The lowest BCUT2D eigenvalue weighted by Crippen LogP contribution is -2.54. The first-order valence-electron chi connectivity index (χ1n) is 5.02. The minimum atomic E-state index is -4.18. The van der Waals surface area contributed by atoms with E-state index in [1.54, 1.807) is 13.1 Å². The summed E-state index contributed by atoms with van der Waals surface area (Å²) in [6, 6.07) is -0.0542. The summed E-state index contributed by atoms with van der Waals surface area (Å²) in [5.74, 6) is 0. The predicted molar refractivity (Wildman–Crippen MR) is 60.8 cm³/mol. The molecule has 0 aromatic rings. The second-order valence-corrected chi connectivity index (χ2v) is 11.1. The summed E-state index contributed by atoms with van der Waals surface area (Å²) in [5, 5.41) is 0. The number of alkyl halides is 3. The van der Waals surface area contributed by atoms with Crippen LogP contribution in [0.15, 0.2) is 0 Å². The van der Waals surface area contributed by atoms with Crippen molar-refractivity contribution in [2.45, 2.75) is 31.7 Å². The van der Waals surface area contributed by atoms with Gasteiger partial charge in [-0.2, -0.15) is 13.2 Å². The molecule has 104 valence electrons. The van der Waals surface area contributed by atoms with E-state index in [4.69, 9.17) is 17.4 Å². The fourth-order valence-corrected chi connectivity index (χ4v) is 6.71. The van der Waals surface area contributed by atoms with Crippen molar-refractivity contribution < 1.29 is 30.6 Å². The van der Waals surface area contributed by atoms with E-state index in [9.17, 15) is 13.2 Å². The lowest BCUT2D eigenvalue weighted by atomic mass is 10.5. The minimum Gasteiger partial charge on any atom is -0.394 e.